The van der Waals surface area contributed by atoms with Crippen LogP contribution in [0.5, 0.6) is 0 Å². The number of ether oxygens (including phenoxy) is 3. The normalized spacial score (nSPS) is 14.0. The number of fused-ring (bicyclic) bond motifs is 3. The molecule has 1 saturated heterocycles. The molecule has 13 heteroatoms. The number of rotatable bonds is 15. The van der Waals surface area contributed by atoms with Gasteiger partial charge in [-0.2, -0.15) is 5.48 Å². The summed E-state index contributed by atoms with van der Waals surface area (Å²) in [5.41, 5.74) is 6.53. The zero-order valence-electron chi connectivity index (χ0n) is 22.3. The van der Waals surface area contributed by atoms with Crippen LogP contribution in [-0.2, 0) is 43.1 Å². The topological polar surface area (TPSA) is 159 Å². The molecule has 0 aromatic heterocycles. The predicted octanol–water partition coefficient (Wildman–Crippen LogP) is 1.60. The molecule has 2 aliphatic rings. The van der Waals surface area contributed by atoms with E-state index in [4.69, 9.17) is 23.9 Å². The van der Waals surface area contributed by atoms with E-state index in [1.54, 1.807) is 0 Å². The van der Waals surface area contributed by atoms with Crippen LogP contribution in [0.15, 0.2) is 48.5 Å². The first-order chi connectivity index (χ1) is 19.9. The van der Waals surface area contributed by atoms with E-state index in [1.165, 1.54) is 0 Å². The SMILES string of the molecule is O=C(CONC(=O)OCC1c2ccccc2-c2ccccc21)NCCOCCOCCC(=O)ON1C(=O)CCC1=O. The van der Waals surface area contributed by atoms with Crippen LogP contribution in [0.25, 0.3) is 11.1 Å². The van der Waals surface area contributed by atoms with Crippen molar-refractivity contribution >= 4 is 29.8 Å². The van der Waals surface area contributed by atoms with Crippen molar-refractivity contribution in [3.8, 4) is 11.1 Å². The highest BCUT2D eigenvalue weighted by molar-refractivity contribution is 6.01. The van der Waals surface area contributed by atoms with Gasteiger partial charge in [0, 0.05) is 25.3 Å². The Kier molecular flexibility index (Phi) is 10.8. The first-order valence-corrected chi connectivity index (χ1v) is 13.2. The molecule has 1 aliphatic heterocycles. The largest absolute Gasteiger partial charge is 0.447 e. The van der Waals surface area contributed by atoms with Gasteiger partial charge < -0.3 is 24.4 Å². The van der Waals surface area contributed by atoms with Gasteiger partial charge >= 0.3 is 12.1 Å². The van der Waals surface area contributed by atoms with E-state index >= 15 is 0 Å². The Morgan fingerprint density at radius 3 is 2.10 bits per heavy atom. The van der Waals surface area contributed by atoms with Crippen LogP contribution in [0.1, 0.15) is 36.3 Å². The lowest BCUT2D eigenvalue weighted by Gasteiger charge is -2.14. The monoisotopic (exact) mass is 569 g/mol. The lowest BCUT2D eigenvalue weighted by Crippen LogP contribution is -2.35. The fraction of sp³-hybridized carbons (Fsp3) is 0.393. The molecule has 41 heavy (non-hydrogen) atoms. The molecule has 4 amide bonds. The molecule has 2 aromatic carbocycles. The number of hydrogen-bond donors (Lipinski definition) is 2. The predicted molar refractivity (Wildman–Crippen MR) is 141 cm³/mol. The van der Waals surface area contributed by atoms with Crippen molar-refractivity contribution in [1.82, 2.24) is 15.9 Å². The Hall–Kier alpha value is -4.33. The summed E-state index contributed by atoms with van der Waals surface area (Å²) in [4.78, 5) is 68.0. The number of amides is 4. The second kappa shape index (κ2) is 14.9. The van der Waals surface area contributed by atoms with Gasteiger partial charge in [-0.05, 0) is 22.3 Å². The minimum atomic E-state index is -0.797. The Morgan fingerprint density at radius 1 is 0.829 bits per heavy atom. The van der Waals surface area contributed by atoms with E-state index in [-0.39, 0.29) is 64.8 Å². The standard InChI is InChI=1S/C28H31N3O10/c32-24(29-12-14-38-16-15-37-13-11-27(35)41-31-25(33)9-10-26(31)34)18-40-30-28(36)39-17-23-21-7-3-1-5-19(21)20-6-2-4-8-22(20)23/h1-8,23H,9-18H2,(H,29,32)(H,30,36). The van der Waals surface area contributed by atoms with E-state index in [1.807, 2.05) is 48.5 Å². The summed E-state index contributed by atoms with van der Waals surface area (Å²) in [5, 5.41) is 3.06. The summed E-state index contributed by atoms with van der Waals surface area (Å²) >= 11 is 0. The van der Waals surface area contributed by atoms with Gasteiger partial charge in [0.1, 0.15) is 6.61 Å². The fourth-order valence-corrected chi connectivity index (χ4v) is 4.38. The lowest BCUT2D eigenvalue weighted by molar-refractivity contribution is -0.198. The van der Waals surface area contributed by atoms with Crippen molar-refractivity contribution in [3.63, 3.8) is 0 Å². The minimum absolute atomic E-state index is 0.0309. The first kappa shape index (κ1) is 29.6. The summed E-state index contributed by atoms with van der Waals surface area (Å²) in [7, 11) is 0. The van der Waals surface area contributed by atoms with Crippen molar-refractivity contribution < 1.29 is 47.9 Å². The number of nitrogens with one attached hydrogen (secondary N) is 2. The Bertz CT molecular complexity index is 1210. The van der Waals surface area contributed by atoms with Crippen LogP contribution in [0.3, 0.4) is 0 Å². The summed E-state index contributed by atoms with van der Waals surface area (Å²) in [5.74, 6) is -2.37. The van der Waals surface area contributed by atoms with E-state index in [9.17, 15) is 24.0 Å². The number of carbonyl (C=O) groups excluding carboxylic acids is 5. The Labute approximate surface area is 235 Å². The quantitative estimate of drug-likeness (QED) is 0.183. The number of hydrogen-bond acceptors (Lipinski definition) is 10. The van der Waals surface area contributed by atoms with Crippen molar-refractivity contribution in [1.29, 1.82) is 0 Å². The molecular weight excluding hydrogens is 538 g/mol. The third kappa shape index (κ3) is 8.33. The van der Waals surface area contributed by atoms with Crippen molar-refractivity contribution in [2.75, 3.05) is 46.2 Å². The third-order valence-corrected chi connectivity index (χ3v) is 6.29. The molecular formula is C28H31N3O10. The highest BCUT2D eigenvalue weighted by Crippen LogP contribution is 2.44. The number of benzene rings is 2. The second-order valence-corrected chi connectivity index (χ2v) is 9.09. The smallest absolute Gasteiger partial charge is 0.431 e. The van der Waals surface area contributed by atoms with Crippen LogP contribution >= 0.6 is 0 Å². The second-order valence-electron chi connectivity index (χ2n) is 9.09. The van der Waals surface area contributed by atoms with Crippen LogP contribution in [0.2, 0.25) is 0 Å². The van der Waals surface area contributed by atoms with E-state index in [2.05, 4.69) is 10.8 Å². The highest BCUT2D eigenvalue weighted by Gasteiger charge is 2.32. The van der Waals surface area contributed by atoms with Crippen LogP contribution < -0.4 is 10.8 Å². The van der Waals surface area contributed by atoms with Gasteiger partial charge in [0.05, 0.1) is 32.8 Å². The van der Waals surface area contributed by atoms with Gasteiger partial charge in [-0.1, -0.05) is 48.5 Å². The van der Waals surface area contributed by atoms with Crippen molar-refractivity contribution in [2.24, 2.45) is 0 Å². The van der Waals surface area contributed by atoms with Crippen LogP contribution in [0.4, 0.5) is 4.79 Å². The molecule has 1 fully saturated rings. The van der Waals surface area contributed by atoms with E-state index in [0.717, 1.165) is 22.3 Å². The molecule has 1 aliphatic carbocycles. The Morgan fingerprint density at radius 2 is 1.44 bits per heavy atom. The summed E-state index contributed by atoms with van der Waals surface area (Å²) in [6, 6.07) is 16.0. The molecule has 0 saturated carbocycles. The summed E-state index contributed by atoms with van der Waals surface area (Å²) in [6.45, 7) is 0.569. The van der Waals surface area contributed by atoms with Gasteiger partial charge in [0.2, 0.25) is 5.91 Å². The highest BCUT2D eigenvalue weighted by atomic mass is 16.7. The maximum Gasteiger partial charge on any atom is 0.431 e. The van der Waals surface area contributed by atoms with Gasteiger partial charge in [-0.15, -0.1) is 5.06 Å². The average molecular weight is 570 g/mol. The maximum absolute atomic E-state index is 12.1. The molecule has 1 heterocycles. The Balaban J connectivity index is 0.987. The molecule has 4 rings (SSSR count). The van der Waals surface area contributed by atoms with Gasteiger partial charge in [0.15, 0.2) is 6.61 Å². The van der Waals surface area contributed by atoms with E-state index in [0.29, 0.717) is 5.06 Å². The molecule has 2 N–H and O–H groups in total. The molecule has 0 radical (unpaired) electrons. The maximum atomic E-state index is 12.1. The van der Waals surface area contributed by atoms with E-state index < -0.39 is 36.4 Å². The number of nitrogens with zero attached hydrogens (tertiary/aromatic N) is 1. The molecule has 218 valence electrons. The zero-order valence-corrected chi connectivity index (χ0v) is 22.3. The molecule has 0 unspecified atom stereocenters. The molecule has 13 nitrogen and oxygen atoms in total. The number of hydroxylamine groups is 3. The lowest BCUT2D eigenvalue weighted by atomic mass is 9.98. The van der Waals surface area contributed by atoms with Crippen LogP contribution in [-0.4, -0.2) is 81.0 Å². The van der Waals surface area contributed by atoms with Crippen molar-refractivity contribution in [3.05, 3.63) is 59.7 Å². The van der Waals surface area contributed by atoms with Crippen molar-refractivity contribution in [2.45, 2.75) is 25.2 Å². The third-order valence-electron chi connectivity index (χ3n) is 6.29. The average Bonchev–Trinajstić information content (AvgIpc) is 3.46. The molecule has 0 bridgehead atoms. The molecule has 2 aromatic rings. The van der Waals surface area contributed by atoms with Gasteiger partial charge in [0.25, 0.3) is 11.8 Å². The molecule has 0 spiro atoms. The van der Waals surface area contributed by atoms with Gasteiger partial charge in [-0.3, -0.25) is 19.2 Å². The molecule has 0 atom stereocenters. The summed E-state index contributed by atoms with van der Waals surface area (Å²) < 4.78 is 15.9. The minimum Gasteiger partial charge on any atom is -0.447 e. The summed E-state index contributed by atoms with van der Waals surface area (Å²) in [6.07, 6.45) is -0.858. The van der Waals surface area contributed by atoms with Crippen LogP contribution in [0, 0.1) is 0 Å². The first-order valence-electron chi connectivity index (χ1n) is 13.2. The van der Waals surface area contributed by atoms with Gasteiger partial charge in [-0.25, -0.2) is 9.59 Å². The number of carbonyl (C=O) groups is 5. The zero-order chi connectivity index (χ0) is 29.0. The fourth-order valence-electron chi connectivity index (χ4n) is 4.38. The number of imide groups is 1.